The van der Waals surface area contributed by atoms with E-state index in [1.54, 1.807) is 0 Å². The molecule has 0 aromatic heterocycles. The van der Waals surface area contributed by atoms with Crippen molar-refractivity contribution < 1.29 is 80.2 Å². The summed E-state index contributed by atoms with van der Waals surface area (Å²) in [5.74, 6) is -2.14. The van der Waals surface area contributed by atoms with Crippen LogP contribution in [-0.4, -0.2) is 96.7 Å². The van der Waals surface area contributed by atoms with E-state index in [9.17, 15) is 43.2 Å². The molecule has 3 N–H and O–H groups in total. The van der Waals surface area contributed by atoms with Gasteiger partial charge >= 0.3 is 39.5 Å². The second-order valence-corrected chi connectivity index (χ2v) is 29.2. The van der Waals surface area contributed by atoms with Gasteiger partial charge in [0.1, 0.15) is 19.3 Å². The number of hydrogen-bond acceptors (Lipinski definition) is 15. The average molecular weight is 1380 g/mol. The molecule has 554 valence electrons. The molecule has 0 aliphatic carbocycles. The van der Waals surface area contributed by atoms with Crippen molar-refractivity contribution in [3.63, 3.8) is 0 Å². The third-order valence-corrected chi connectivity index (χ3v) is 18.9. The van der Waals surface area contributed by atoms with Crippen molar-refractivity contribution in [1.82, 2.24) is 0 Å². The Hall–Kier alpha value is -2.46. The number of aliphatic hydroxyl groups excluding tert-OH is 1. The molecular formula is C75H142O17P2. The van der Waals surface area contributed by atoms with Crippen molar-refractivity contribution in [2.75, 3.05) is 39.6 Å². The Morgan fingerprint density at radius 2 is 0.521 bits per heavy atom. The van der Waals surface area contributed by atoms with Gasteiger partial charge in [-0.1, -0.05) is 315 Å². The van der Waals surface area contributed by atoms with E-state index in [4.69, 9.17) is 37.0 Å². The number of ether oxygens (including phenoxy) is 4. The summed E-state index contributed by atoms with van der Waals surface area (Å²) >= 11 is 0. The van der Waals surface area contributed by atoms with Crippen molar-refractivity contribution in [1.29, 1.82) is 0 Å². The van der Waals surface area contributed by atoms with Gasteiger partial charge < -0.3 is 33.8 Å². The van der Waals surface area contributed by atoms with Gasteiger partial charge in [0.25, 0.3) is 0 Å². The van der Waals surface area contributed by atoms with Crippen LogP contribution in [0.4, 0.5) is 0 Å². The molecule has 0 amide bonds. The normalized spacial score (nSPS) is 14.1. The summed E-state index contributed by atoms with van der Waals surface area (Å²) in [7, 11) is -9.92. The van der Waals surface area contributed by atoms with Gasteiger partial charge in [0.2, 0.25) is 0 Å². The minimum atomic E-state index is -4.96. The van der Waals surface area contributed by atoms with Gasteiger partial charge in [-0.05, 0) is 57.8 Å². The lowest BCUT2D eigenvalue weighted by Crippen LogP contribution is -2.30. The van der Waals surface area contributed by atoms with E-state index in [0.717, 1.165) is 109 Å². The highest BCUT2D eigenvalue weighted by molar-refractivity contribution is 7.47. The Morgan fingerprint density at radius 3 is 0.809 bits per heavy atom. The van der Waals surface area contributed by atoms with E-state index < -0.39 is 97.5 Å². The molecule has 0 bridgehead atoms. The monoisotopic (exact) mass is 1380 g/mol. The summed E-state index contributed by atoms with van der Waals surface area (Å²) in [5, 5.41) is 10.6. The second-order valence-electron chi connectivity index (χ2n) is 26.3. The van der Waals surface area contributed by atoms with Gasteiger partial charge in [-0.15, -0.1) is 0 Å². The van der Waals surface area contributed by atoms with Gasteiger partial charge in [-0.3, -0.25) is 37.3 Å². The molecular weight excluding hydrogens is 1230 g/mol. The number of carbonyl (C=O) groups is 4. The zero-order valence-electron chi connectivity index (χ0n) is 60.4. The number of unbranched alkanes of at least 4 members (excludes halogenated alkanes) is 44. The SMILES string of the molecule is CCCCC/C=C\C/C=C\CCCCCCCC(=O)O[C@H](COC(=O)CCCCCCCCCCCCCCC)COP(=O)(O)OCC(O)COP(=O)(O)OC[C@@H](COC(=O)CCCCCCCCCCCCCCC)OC(=O)CCCCCCCCCCCCCCC. The number of esters is 4. The molecule has 94 heavy (non-hydrogen) atoms. The fourth-order valence-corrected chi connectivity index (χ4v) is 12.6. The van der Waals surface area contributed by atoms with E-state index in [0.29, 0.717) is 25.7 Å². The smallest absolute Gasteiger partial charge is 0.462 e. The predicted octanol–water partition coefficient (Wildman–Crippen LogP) is 21.8. The van der Waals surface area contributed by atoms with Crippen LogP contribution in [0.3, 0.4) is 0 Å². The molecule has 0 heterocycles. The van der Waals surface area contributed by atoms with Crippen LogP contribution in [-0.2, 0) is 65.4 Å². The first-order chi connectivity index (χ1) is 45.7. The molecule has 0 aromatic rings. The number of allylic oxidation sites excluding steroid dienone is 4. The highest BCUT2D eigenvalue weighted by atomic mass is 31.2. The van der Waals surface area contributed by atoms with Crippen molar-refractivity contribution in [2.45, 2.75) is 393 Å². The van der Waals surface area contributed by atoms with Crippen LogP contribution in [0.2, 0.25) is 0 Å². The van der Waals surface area contributed by atoms with E-state index in [1.807, 2.05) is 0 Å². The maximum absolute atomic E-state index is 13.1. The number of aliphatic hydroxyl groups is 1. The van der Waals surface area contributed by atoms with Crippen LogP contribution < -0.4 is 0 Å². The molecule has 0 radical (unpaired) electrons. The second kappa shape index (κ2) is 69.0. The summed E-state index contributed by atoms with van der Waals surface area (Å²) < 4.78 is 68.5. The van der Waals surface area contributed by atoms with E-state index in [-0.39, 0.29) is 25.7 Å². The summed E-state index contributed by atoms with van der Waals surface area (Å²) in [4.78, 5) is 72.8. The molecule has 5 atom stereocenters. The number of hydrogen-bond donors (Lipinski definition) is 3. The molecule has 17 nitrogen and oxygen atoms in total. The van der Waals surface area contributed by atoms with Crippen LogP contribution in [0.5, 0.6) is 0 Å². The first-order valence-corrected chi connectivity index (χ1v) is 41.6. The van der Waals surface area contributed by atoms with Gasteiger partial charge in [0.15, 0.2) is 12.2 Å². The summed E-state index contributed by atoms with van der Waals surface area (Å²) in [5.41, 5.74) is 0. The number of carbonyl (C=O) groups excluding carboxylic acids is 4. The Bertz CT molecular complexity index is 1880. The fraction of sp³-hybridized carbons (Fsp3) is 0.893. The van der Waals surface area contributed by atoms with Crippen molar-refractivity contribution in [3.8, 4) is 0 Å². The lowest BCUT2D eigenvalue weighted by atomic mass is 10.0. The number of phosphoric acid groups is 2. The molecule has 0 aromatic carbocycles. The standard InChI is InChI=1S/C75H142O17P2/c1-5-9-13-17-21-25-29-33-34-38-42-46-50-54-58-62-75(80)92-71(66-86-73(78)60-56-52-48-44-40-36-31-27-23-19-15-11-7-3)68-90-94(83,84)88-64-69(76)63-87-93(81,82)89-67-70(91-74(79)61-57-53-49-45-41-37-32-28-24-20-16-12-8-4)65-85-72(77)59-55-51-47-43-39-35-30-26-22-18-14-10-6-2/h21,25,33-34,69-71,76H,5-20,22-24,26-32,35-68H2,1-4H3,(H,81,82)(H,83,84)/b25-21-,34-33-/t69?,70-,71-/m1/s1. The van der Waals surface area contributed by atoms with Crippen LogP contribution in [0, 0.1) is 0 Å². The maximum atomic E-state index is 13.1. The molecule has 0 rings (SSSR count). The average Bonchev–Trinajstić information content (AvgIpc) is 2.26. The van der Waals surface area contributed by atoms with Gasteiger partial charge in [-0.2, -0.15) is 0 Å². The highest BCUT2D eigenvalue weighted by Gasteiger charge is 2.30. The van der Waals surface area contributed by atoms with Crippen molar-refractivity contribution in [2.24, 2.45) is 0 Å². The molecule has 0 saturated carbocycles. The lowest BCUT2D eigenvalue weighted by molar-refractivity contribution is -0.161. The van der Waals surface area contributed by atoms with Crippen LogP contribution in [0.1, 0.15) is 374 Å². The predicted molar refractivity (Wildman–Crippen MR) is 381 cm³/mol. The minimum absolute atomic E-state index is 0.0875. The third kappa shape index (κ3) is 68.1. The summed E-state index contributed by atoms with van der Waals surface area (Å²) in [6, 6.07) is 0. The minimum Gasteiger partial charge on any atom is -0.462 e. The molecule has 0 fully saturated rings. The molecule has 19 heteroatoms. The van der Waals surface area contributed by atoms with Crippen LogP contribution in [0.15, 0.2) is 24.3 Å². The topological polar surface area (TPSA) is 237 Å². The Kier molecular flexibility index (Phi) is 67.2. The zero-order chi connectivity index (χ0) is 69.0. The van der Waals surface area contributed by atoms with Gasteiger partial charge in [0.05, 0.1) is 26.4 Å². The van der Waals surface area contributed by atoms with Crippen molar-refractivity contribution in [3.05, 3.63) is 24.3 Å². The Labute approximate surface area is 573 Å². The molecule has 0 saturated heterocycles. The number of phosphoric ester groups is 2. The first kappa shape index (κ1) is 91.5. The fourth-order valence-electron chi connectivity index (χ4n) is 11.0. The summed E-state index contributed by atoms with van der Waals surface area (Å²) in [6.07, 6.45) is 61.6. The summed E-state index contributed by atoms with van der Waals surface area (Å²) in [6.45, 7) is 4.92. The van der Waals surface area contributed by atoms with E-state index in [1.165, 1.54) is 186 Å². The highest BCUT2D eigenvalue weighted by Crippen LogP contribution is 2.45. The van der Waals surface area contributed by atoms with Gasteiger partial charge in [-0.25, -0.2) is 9.13 Å². The molecule has 3 unspecified atom stereocenters. The Balaban J connectivity index is 5.29. The Morgan fingerprint density at radius 1 is 0.298 bits per heavy atom. The van der Waals surface area contributed by atoms with E-state index >= 15 is 0 Å². The van der Waals surface area contributed by atoms with Gasteiger partial charge in [0, 0.05) is 25.7 Å². The molecule has 0 spiro atoms. The largest absolute Gasteiger partial charge is 0.472 e. The maximum Gasteiger partial charge on any atom is 0.472 e. The zero-order valence-corrected chi connectivity index (χ0v) is 62.2. The molecule has 0 aliphatic heterocycles. The molecule has 0 aliphatic rings. The third-order valence-electron chi connectivity index (χ3n) is 16.9. The number of rotatable bonds is 74. The first-order valence-electron chi connectivity index (χ1n) is 38.6. The quantitative estimate of drug-likeness (QED) is 0.0169. The van der Waals surface area contributed by atoms with Crippen LogP contribution in [0.25, 0.3) is 0 Å². The van der Waals surface area contributed by atoms with Crippen LogP contribution >= 0.6 is 15.6 Å². The van der Waals surface area contributed by atoms with Crippen molar-refractivity contribution >= 4 is 39.5 Å². The van der Waals surface area contributed by atoms with E-state index in [2.05, 4.69) is 52.0 Å². The lowest BCUT2D eigenvalue weighted by Gasteiger charge is -2.21.